The number of thioether (sulfide) groups is 1. The van der Waals surface area contributed by atoms with Crippen LogP contribution >= 0.6 is 23.4 Å². The largest absolute Gasteiger partial charge is 0.480 e. The number of hydrogen-bond donors (Lipinski definition) is 2. The van der Waals surface area contributed by atoms with Crippen LogP contribution in [0.4, 0.5) is 0 Å². The number of hydrogen-bond acceptors (Lipinski definition) is 4. The van der Waals surface area contributed by atoms with Crippen LogP contribution < -0.4 is 5.32 Å². The molecule has 1 heterocycles. The zero-order chi connectivity index (χ0) is 18.4. The molecular weight excluding hydrogens is 362 g/mol. The Bertz CT molecular complexity index is 763. The molecular formula is C17H20ClN3O3S. The lowest BCUT2D eigenvalue weighted by molar-refractivity contribution is -0.138. The van der Waals surface area contributed by atoms with Gasteiger partial charge in [-0.25, -0.2) is 4.98 Å². The van der Waals surface area contributed by atoms with E-state index in [4.69, 9.17) is 16.7 Å². The van der Waals surface area contributed by atoms with Crippen molar-refractivity contribution >= 4 is 35.2 Å². The van der Waals surface area contributed by atoms with E-state index < -0.39 is 17.9 Å². The van der Waals surface area contributed by atoms with Crippen LogP contribution in [0.15, 0.2) is 35.6 Å². The number of carboxylic acids is 1. The summed E-state index contributed by atoms with van der Waals surface area (Å²) in [4.78, 5) is 27.8. The predicted octanol–water partition coefficient (Wildman–Crippen LogP) is 3.29. The van der Waals surface area contributed by atoms with Gasteiger partial charge in [-0.3, -0.25) is 9.59 Å². The highest BCUT2D eigenvalue weighted by atomic mass is 35.5. The number of aromatic nitrogens is 2. The number of amides is 1. The molecule has 0 aliphatic heterocycles. The van der Waals surface area contributed by atoms with Gasteiger partial charge in [0.1, 0.15) is 11.7 Å². The lowest BCUT2D eigenvalue weighted by Crippen LogP contribution is -2.39. The van der Waals surface area contributed by atoms with Gasteiger partial charge in [0.2, 0.25) is 0 Å². The van der Waals surface area contributed by atoms with Gasteiger partial charge in [-0.15, -0.1) is 0 Å². The minimum Gasteiger partial charge on any atom is -0.480 e. The maximum atomic E-state index is 12.5. The topological polar surface area (TPSA) is 84.2 Å². The first-order chi connectivity index (χ1) is 11.9. The summed E-state index contributed by atoms with van der Waals surface area (Å²) in [5, 5.41) is 12.8. The summed E-state index contributed by atoms with van der Waals surface area (Å²) in [6.07, 6.45) is 2.44. The molecule has 2 N–H and O–H groups in total. The minimum absolute atomic E-state index is 0.312. The molecule has 0 unspecified atom stereocenters. The highest BCUT2D eigenvalue weighted by molar-refractivity contribution is 7.99. The fourth-order valence-electron chi connectivity index (χ4n) is 2.13. The van der Waals surface area contributed by atoms with Gasteiger partial charge in [0.05, 0.1) is 12.7 Å². The molecule has 0 radical (unpaired) electrons. The number of nitrogens with one attached hydrogen (secondary N) is 1. The van der Waals surface area contributed by atoms with Crippen LogP contribution in [-0.2, 0) is 11.3 Å². The number of carboxylic acid groups (broad SMARTS) is 1. The maximum absolute atomic E-state index is 12.5. The van der Waals surface area contributed by atoms with Crippen molar-refractivity contribution in [1.82, 2.24) is 14.9 Å². The van der Waals surface area contributed by atoms with E-state index in [-0.39, 0.29) is 0 Å². The van der Waals surface area contributed by atoms with Crippen LogP contribution in [0.25, 0.3) is 0 Å². The zero-order valence-electron chi connectivity index (χ0n) is 14.0. The molecule has 8 heteroatoms. The van der Waals surface area contributed by atoms with Crippen LogP contribution in [0.2, 0.25) is 5.02 Å². The van der Waals surface area contributed by atoms with Crippen molar-refractivity contribution in [3.8, 4) is 0 Å². The van der Waals surface area contributed by atoms with Crippen LogP contribution in [0, 0.1) is 0 Å². The second kappa shape index (κ2) is 8.92. The minimum atomic E-state index is -1.09. The lowest BCUT2D eigenvalue weighted by Gasteiger charge is -2.14. The lowest BCUT2D eigenvalue weighted by atomic mass is 10.2. The summed E-state index contributed by atoms with van der Waals surface area (Å²) in [7, 11) is 0. The molecule has 0 fully saturated rings. The van der Waals surface area contributed by atoms with Gasteiger partial charge in [-0.05, 0) is 25.0 Å². The van der Waals surface area contributed by atoms with E-state index in [0.29, 0.717) is 22.4 Å². The SMILES string of the molecule is CCCSc1ncc(C(=O)N[C@@H](C)C(=O)O)n1Cc1ccccc1Cl. The molecule has 134 valence electrons. The van der Waals surface area contributed by atoms with E-state index in [1.807, 2.05) is 18.2 Å². The molecule has 6 nitrogen and oxygen atoms in total. The summed E-state index contributed by atoms with van der Waals surface area (Å²) < 4.78 is 1.77. The highest BCUT2D eigenvalue weighted by Crippen LogP contribution is 2.23. The zero-order valence-corrected chi connectivity index (χ0v) is 15.6. The summed E-state index contributed by atoms with van der Waals surface area (Å²) in [6, 6.07) is 6.41. The van der Waals surface area contributed by atoms with E-state index in [0.717, 1.165) is 17.7 Å². The van der Waals surface area contributed by atoms with E-state index in [2.05, 4.69) is 17.2 Å². The number of halogens is 1. The van der Waals surface area contributed by atoms with Gasteiger partial charge in [0.15, 0.2) is 5.16 Å². The number of rotatable bonds is 8. The number of imidazole rings is 1. The summed E-state index contributed by atoms with van der Waals surface area (Å²) in [5.41, 5.74) is 1.17. The molecule has 2 rings (SSSR count). The average molecular weight is 382 g/mol. The van der Waals surface area contributed by atoms with Crippen LogP contribution in [0.5, 0.6) is 0 Å². The number of benzene rings is 1. The summed E-state index contributed by atoms with van der Waals surface area (Å²) >= 11 is 7.78. The van der Waals surface area contributed by atoms with E-state index in [9.17, 15) is 9.59 Å². The van der Waals surface area contributed by atoms with Gasteiger partial charge in [-0.1, -0.05) is 48.5 Å². The Hall–Kier alpha value is -1.99. The standard InChI is InChI=1S/C17H20ClN3O3S/c1-3-8-25-17-19-9-14(15(22)20-11(2)16(23)24)21(17)10-12-6-4-5-7-13(12)18/h4-7,9,11H,3,8,10H2,1-2H3,(H,20,22)(H,23,24)/t11-/m0/s1. The molecule has 1 atom stereocenters. The first kappa shape index (κ1) is 19.3. The molecule has 0 saturated heterocycles. The number of carbonyl (C=O) groups excluding carboxylic acids is 1. The third-order valence-electron chi connectivity index (χ3n) is 3.49. The van der Waals surface area contributed by atoms with Crippen molar-refractivity contribution in [3.63, 3.8) is 0 Å². The first-order valence-corrected chi connectivity index (χ1v) is 9.25. The fraction of sp³-hybridized carbons (Fsp3) is 0.353. The van der Waals surface area contributed by atoms with Gasteiger partial charge >= 0.3 is 5.97 Å². The number of aliphatic carboxylic acids is 1. The van der Waals surface area contributed by atoms with E-state index in [1.54, 1.807) is 22.4 Å². The number of nitrogens with zero attached hydrogens (tertiary/aromatic N) is 2. The Morgan fingerprint density at radius 1 is 1.40 bits per heavy atom. The highest BCUT2D eigenvalue weighted by Gasteiger charge is 2.21. The van der Waals surface area contributed by atoms with Crippen molar-refractivity contribution in [2.45, 2.75) is 38.0 Å². The molecule has 1 aromatic carbocycles. The van der Waals surface area contributed by atoms with Crippen molar-refractivity contribution in [1.29, 1.82) is 0 Å². The fourth-order valence-corrected chi connectivity index (χ4v) is 3.16. The van der Waals surface area contributed by atoms with Gasteiger partial charge < -0.3 is 15.0 Å². The maximum Gasteiger partial charge on any atom is 0.325 e. The van der Waals surface area contributed by atoms with Crippen molar-refractivity contribution in [2.75, 3.05) is 5.75 Å². The Kier molecular flexibility index (Phi) is 6.90. The Balaban J connectivity index is 2.33. The molecule has 1 amide bonds. The molecule has 0 bridgehead atoms. The summed E-state index contributed by atoms with van der Waals surface area (Å²) in [6.45, 7) is 3.87. The van der Waals surface area contributed by atoms with Crippen LogP contribution in [0.3, 0.4) is 0 Å². The molecule has 0 aliphatic rings. The Morgan fingerprint density at radius 3 is 2.76 bits per heavy atom. The monoisotopic (exact) mass is 381 g/mol. The van der Waals surface area contributed by atoms with Gasteiger partial charge in [-0.2, -0.15) is 0 Å². The second-order valence-corrected chi connectivity index (χ2v) is 6.95. The van der Waals surface area contributed by atoms with Crippen LogP contribution in [0.1, 0.15) is 36.3 Å². The van der Waals surface area contributed by atoms with Gasteiger partial charge in [0.25, 0.3) is 5.91 Å². The predicted molar refractivity (Wildman–Crippen MR) is 98.4 cm³/mol. The molecule has 0 saturated carbocycles. The van der Waals surface area contributed by atoms with Crippen molar-refractivity contribution in [2.24, 2.45) is 0 Å². The van der Waals surface area contributed by atoms with Gasteiger partial charge in [0, 0.05) is 10.8 Å². The van der Waals surface area contributed by atoms with E-state index >= 15 is 0 Å². The molecule has 1 aromatic heterocycles. The molecule has 25 heavy (non-hydrogen) atoms. The summed E-state index contributed by atoms with van der Waals surface area (Å²) in [5.74, 6) is -0.699. The van der Waals surface area contributed by atoms with Crippen LogP contribution in [-0.4, -0.2) is 38.3 Å². The normalized spacial score (nSPS) is 12.0. The second-order valence-electron chi connectivity index (χ2n) is 5.49. The van der Waals surface area contributed by atoms with E-state index in [1.165, 1.54) is 13.1 Å². The smallest absolute Gasteiger partial charge is 0.325 e. The average Bonchev–Trinajstić information content (AvgIpc) is 2.97. The van der Waals surface area contributed by atoms with Crippen molar-refractivity contribution in [3.05, 3.63) is 46.7 Å². The van der Waals surface area contributed by atoms with Crippen molar-refractivity contribution < 1.29 is 14.7 Å². The Labute approximate surface area is 155 Å². The number of carbonyl (C=O) groups is 2. The third-order valence-corrected chi connectivity index (χ3v) is 5.06. The molecule has 0 spiro atoms. The Morgan fingerprint density at radius 2 is 2.12 bits per heavy atom. The molecule has 2 aromatic rings. The first-order valence-electron chi connectivity index (χ1n) is 7.89. The molecule has 0 aliphatic carbocycles. The third kappa shape index (κ3) is 4.99. The quantitative estimate of drug-likeness (QED) is 0.685.